The second kappa shape index (κ2) is 23.0. The molecule has 41 heavy (non-hydrogen) atoms. The van der Waals surface area contributed by atoms with E-state index in [4.69, 9.17) is 0 Å². The van der Waals surface area contributed by atoms with Crippen LogP contribution in [0.1, 0.15) is 191 Å². The molecule has 0 heteroatoms. The lowest BCUT2D eigenvalue weighted by Gasteiger charge is -2.06. The van der Waals surface area contributed by atoms with E-state index in [9.17, 15) is 0 Å². The summed E-state index contributed by atoms with van der Waals surface area (Å²) in [6.07, 6.45) is 40.3. The van der Waals surface area contributed by atoms with Crippen LogP contribution in [0.2, 0.25) is 0 Å². The standard InChI is InChI=1S/C41H66/c1-2-3-4-5-6-7-8-9-10-11-12-13-14-15-16-17-18-19-20-21-22-23-24-25-26-27-30-37-33-34-39-36-38-31-28-29-32-40(38)41(39)35-37/h28-29,31-35H,2-27,30,36H2,1H3. The van der Waals surface area contributed by atoms with Crippen LogP contribution in [0.15, 0.2) is 42.5 Å². The first-order valence-corrected chi connectivity index (χ1v) is 18.6. The summed E-state index contributed by atoms with van der Waals surface area (Å²) >= 11 is 0. The van der Waals surface area contributed by atoms with Crippen LogP contribution in [0.5, 0.6) is 0 Å². The van der Waals surface area contributed by atoms with Gasteiger partial charge in [-0.25, -0.2) is 0 Å². The fraction of sp³-hybridized carbons (Fsp3) is 0.707. The maximum absolute atomic E-state index is 2.47. The van der Waals surface area contributed by atoms with Gasteiger partial charge in [0, 0.05) is 0 Å². The number of benzene rings is 2. The Balaban J connectivity index is 0.997. The van der Waals surface area contributed by atoms with Crippen molar-refractivity contribution < 1.29 is 0 Å². The van der Waals surface area contributed by atoms with Gasteiger partial charge in [0.05, 0.1) is 0 Å². The van der Waals surface area contributed by atoms with Crippen LogP contribution in [-0.4, -0.2) is 0 Å². The van der Waals surface area contributed by atoms with Crippen LogP contribution in [0.4, 0.5) is 0 Å². The van der Waals surface area contributed by atoms with Gasteiger partial charge < -0.3 is 0 Å². The lowest BCUT2D eigenvalue weighted by atomic mass is 9.99. The van der Waals surface area contributed by atoms with Crippen LogP contribution >= 0.6 is 0 Å². The van der Waals surface area contributed by atoms with Crippen LogP contribution in [0, 0.1) is 0 Å². The second-order valence-corrected chi connectivity index (χ2v) is 13.4. The minimum Gasteiger partial charge on any atom is -0.0654 e. The van der Waals surface area contributed by atoms with E-state index in [1.165, 1.54) is 201 Å². The average molecular weight is 559 g/mol. The number of aryl methyl sites for hydroxylation is 1. The highest BCUT2D eigenvalue weighted by Gasteiger charge is 2.17. The fourth-order valence-electron chi connectivity index (χ4n) is 6.97. The highest BCUT2D eigenvalue weighted by molar-refractivity contribution is 5.77. The van der Waals surface area contributed by atoms with E-state index >= 15 is 0 Å². The molecule has 2 aromatic carbocycles. The average Bonchev–Trinajstić information content (AvgIpc) is 3.37. The summed E-state index contributed by atoms with van der Waals surface area (Å²) in [6.45, 7) is 2.31. The first-order valence-electron chi connectivity index (χ1n) is 18.6. The van der Waals surface area contributed by atoms with Gasteiger partial charge in [-0.2, -0.15) is 0 Å². The van der Waals surface area contributed by atoms with Gasteiger partial charge in [0.2, 0.25) is 0 Å². The molecule has 0 bridgehead atoms. The molecular weight excluding hydrogens is 492 g/mol. The summed E-state index contributed by atoms with van der Waals surface area (Å²) in [5.74, 6) is 0. The summed E-state index contributed by atoms with van der Waals surface area (Å²) in [5.41, 5.74) is 7.51. The lowest BCUT2D eigenvalue weighted by Crippen LogP contribution is -1.89. The molecule has 0 aliphatic heterocycles. The van der Waals surface area contributed by atoms with Gasteiger partial charge in [-0.15, -0.1) is 0 Å². The number of fused-ring (bicyclic) bond motifs is 3. The van der Waals surface area contributed by atoms with E-state index < -0.39 is 0 Å². The van der Waals surface area contributed by atoms with E-state index in [0.29, 0.717) is 0 Å². The zero-order valence-electron chi connectivity index (χ0n) is 27.3. The summed E-state index contributed by atoms with van der Waals surface area (Å²) in [5, 5.41) is 0. The van der Waals surface area contributed by atoms with E-state index in [1.807, 2.05) is 0 Å². The summed E-state index contributed by atoms with van der Waals surface area (Å²) < 4.78 is 0. The van der Waals surface area contributed by atoms with E-state index in [0.717, 1.165) is 6.42 Å². The van der Waals surface area contributed by atoms with Crippen molar-refractivity contribution in [1.82, 2.24) is 0 Å². The van der Waals surface area contributed by atoms with Crippen molar-refractivity contribution in [2.45, 2.75) is 187 Å². The summed E-state index contributed by atoms with van der Waals surface area (Å²) in [7, 11) is 0. The first-order chi connectivity index (χ1) is 20.4. The molecule has 0 fully saturated rings. The van der Waals surface area contributed by atoms with Gasteiger partial charge in [0.1, 0.15) is 0 Å². The third-order valence-corrected chi connectivity index (χ3v) is 9.68. The zero-order chi connectivity index (χ0) is 28.6. The molecule has 0 saturated heterocycles. The molecule has 0 aromatic heterocycles. The van der Waals surface area contributed by atoms with Crippen molar-refractivity contribution in [3.05, 3.63) is 59.2 Å². The third kappa shape index (κ3) is 14.9. The van der Waals surface area contributed by atoms with Crippen molar-refractivity contribution in [2.24, 2.45) is 0 Å². The molecule has 1 aliphatic rings. The Kier molecular flexibility index (Phi) is 19.0. The Morgan fingerprint density at radius 2 is 0.780 bits per heavy atom. The smallest absolute Gasteiger partial charge is 0.00135 e. The van der Waals surface area contributed by atoms with Gasteiger partial charge in [0.25, 0.3) is 0 Å². The molecule has 2 aromatic rings. The second-order valence-electron chi connectivity index (χ2n) is 13.4. The highest BCUT2D eigenvalue weighted by atomic mass is 14.2. The Morgan fingerprint density at radius 1 is 0.390 bits per heavy atom. The molecule has 0 nitrogen and oxygen atoms in total. The van der Waals surface area contributed by atoms with Crippen LogP contribution in [0.3, 0.4) is 0 Å². The largest absolute Gasteiger partial charge is 0.0654 e. The number of unbranched alkanes of at least 4 members (excludes halogenated alkanes) is 25. The first kappa shape index (κ1) is 33.9. The summed E-state index contributed by atoms with van der Waals surface area (Å²) in [4.78, 5) is 0. The minimum atomic E-state index is 1.12. The molecule has 0 N–H and O–H groups in total. The van der Waals surface area contributed by atoms with Crippen molar-refractivity contribution in [3.63, 3.8) is 0 Å². The van der Waals surface area contributed by atoms with E-state index in [1.54, 1.807) is 0 Å². The molecule has 3 rings (SSSR count). The van der Waals surface area contributed by atoms with Gasteiger partial charge in [-0.05, 0) is 47.1 Å². The Hall–Kier alpha value is -1.56. The molecule has 1 aliphatic carbocycles. The summed E-state index contributed by atoms with van der Waals surface area (Å²) in [6, 6.07) is 16.2. The predicted octanol–water partition coefficient (Wildman–Crippen LogP) is 14.0. The molecule has 0 heterocycles. The number of hydrogen-bond acceptors (Lipinski definition) is 0. The normalized spacial score (nSPS) is 12.1. The maximum Gasteiger partial charge on any atom is -0.00135 e. The van der Waals surface area contributed by atoms with Crippen molar-refractivity contribution >= 4 is 0 Å². The van der Waals surface area contributed by atoms with Gasteiger partial charge >= 0.3 is 0 Å². The zero-order valence-corrected chi connectivity index (χ0v) is 27.3. The van der Waals surface area contributed by atoms with Gasteiger partial charge in [-0.1, -0.05) is 210 Å². The Morgan fingerprint density at radius 3 is 1.24 bits per heavy atom. The fourth-order valence-corrected chi connectivity index (χ4v) is 6.97. The molecule has 230 valence electrons. The lowest BCUT2D eigenvalue weighted by molar-refractivity contribution is 0.515. The molecule has 0 atom stereocenters. The van der Waals surface area contributed by atoms with Gasteiger partial charge in [0.15, 0.2) is 0 Å². The SMILES string of the molecule is CCCCCCCCCCCCCCCCCCCCCCCCCCCCc1ccc2c(c1)-c1ccccc1C2. The van der Waals surface area contributed by atoms with Crippen molar-refractivity contribution in [3.8, 4) is 11.1 Å². The van der Waals surface area contributed by atoms with Crippen molar-refractivity contribution in [1.29, 1.82) is 0 Å². The molecular formula is C41H66. The third-order valence-electron chi connectivity index (χ3n) is 9.68. The maximum atomic E-state index is 2.47. The van der Waals surface area contributed by atoms with Crippen LogP contribution in [0.25, 0.3) is 11.1 Å². The highest BCUT2D eigenvalue weighted by Crippen LogP contribution is 2.37. The Bertz CT molecular complexity index is 893. The quantitative estimate of drug-likeness (QED) is 0.0816. The molecule has 0 spiro atoms. The number of hydrogen-bond donors (Lipinski definition) is 0. The molecule has 0 saturated carbocycles. The van der Waals surface area contributed by atoms with E-state index in [-0.39, 0.29) is 0 Å². The number of rotatable bonds is 27. The minimum absolute atomic E-state index is 1.12. The van der Waals surface area contributed by atoms with E-state index in [2.05, 4.69) is 49.4 Å². The topological polar surface area (TPSA) is 0 Å². The predicted molar refractivity (Wildman–Crippen MR) is 184 cm³/mol. The Labute approximate surface area is 256 Å². The monoisotopic (exact) mass is 559 g/mol. The van der Waals surface area contributed by atoms with Gasteiger partial charge in [-0.3, -0.25) is 0 Å². The van der Waals surface area contributed by atoms with Crippen molar-refractivity contribution in [2.75, 3.05) is 0 Å². The molecule has 0 unspecified atom stereocenters. The molecule has 0 amide bonds. The van der Waals surface area contributed by atoms with Crippen LogP contribution < -0.4 is 0 Å². The van der Waals surface area contributed by atoms with Crippen LogP contribution in [-0.2, 0) is 12.8 Å². The molecule has 0 radical (unpaired) electrons.